The van der Waals surface area contributed by atoms with E-state index in [2.05, 4.69) is 15.3 Å². The van der Waals surface area contributed by atoms with E-state index in [-0.39, 0.29) is 11.5 Å². The predicted molar refractivity (Wildman–Crippen MR) is 133 cm³/mol. The Balaban J connectivity index is 1.51. The average molecular weight is 505 g/mol. The maximum atomic E-state index is 12.8. The standard InChI is InChI=1S/C22H18Cl2N4O2S2/c1-3-28-20(30)14-6-4-5-7-17(14)26-22(28)32-12(2)19(29)27-21-25-18(11-31-21)13-8-9-15(23)16(24)10-13/h4-12H,3H2,1-2H3,(H,25,27,29). The summed E-state index contributed by atoms with van der Waals surface area (Å²) in [7, 11) is 0. The Labute approximate surface area is 202 Å². The number of halogens is 2. The zero-order valence-corrected chi connectivity index (χ0v) is 20.3. The van der Waals surface area contributed by atoms with Crippen LogP contribution in [0.15, 0.2) is 57.8 Å². The number of carbonyl (C=O) groups excluding carboxylic acids is 1. The number of rotatable bonds is 6. The fourth-order valence-electron chi connectivity index (χ4n) is 3.05. The molecule has 0 radical (unpaired) electrons. The molecule has 0 fully saturated rings. The highest BCUT2D eigenvalue weighted by atomic mass is 35.5. The molecular formula is C22H18Cl2N4O2S2. The fraction of sp³-hybridized carbons (Fsp3) is 0.182. The number of thioether (sulfide) groups is 1. The highest BCUT2D eigenvalue weighted by Gasteiger charge is 2.20. The number of aromatic nitrogens is 3. The van der Waals surface area contributed by atoms with Gasteiger partial charge in [-0.15, -0.1) is 11.3 Å². The minimum atomic E-state index is -0.488. The molecule has 1 amide bonds. The van der Waals surface area contributed by atoms with E-state index in [0.29, 0.717) is 43.5 Å². The van der Waals surface area contributed by atoms with Gasteiger partial charge in [0.1, 0.15) is 0 Å². The Morgan fingerprint density at radius 2 is 1.97 bits per heavy atom. The number of fused-ring (bicyclic) bond motifs is 1. The van der Waals surface area contributed by atoms with Crippen molar-refractivity contribution >= 4 is 68.2 Å². The lowest BCUT2D eigenvalue weighted by molar-refractivity contribution is -0.115. The van der Waals surface area contributed by atoms with Gasteiger partial charge in [0.05, 0.1) is 31.9 Å². The molecule has 0 saturated carbocycles. The largest absolute Gasteiger partial charge is 0.301 e. The molecule has 4 aromatic rings. The normalized spacial score (nSPS) is 12.1. The van der Waals surface area contributed by atoms with Crippen LogP contribution in [0.1, 0.15) is 13.8 Å². The number of hydrogen-bond acceptors (Lipinski definition) is 6. The molecule has 2 aromatic carbocycles. The average Bonchev–Trinajstić information content (AvgIpc) is 3.24. The summed E-state index contributed by atoms with van der Waals surface area (Å²) >= 11 is 14.6. The Hall–Kier alpha value is -2.39. The lowest BCUT2D eigenvalue weighted by Gasteiger charge is -2.14. The molecule has 0 aliphatic heterocycles. The van der Waals surface area contributed by atoms with Crippen LogP contribution in [0.3, 0.4) is 0 Å². The summed E-state index contributed by atoms with van der Waals surface area (Å²) < 4.78 is 1.59. The Kier molecular flexibility index (Phi) is 6.85. The van der Waals surface area contributed by atoms with Gasteiger partial charge in [-0.3, -0.25) is 14.2 Å². The van der Waals surface area contributed by atoms with Crippen molar-refractivity contribution in [2.75, 3.05) is 5.32 Å². The van der Waals surface area contributed by atoms with Gasteiger partial charge in [0.15, 0.2) is 10.3 Å². The Morgan fingerprint density at radius 1 is 1.19 bits per heavy atom. The number of carbonyl (C=O) groups is 1. The first-order valence-corrected chi connectivity index (χ1v) is 12.3. The molecule has 0 aliphatic carbocycles. The maximum Gasteiger partial charge on any atom is 0.262 e. The molecule has 6 nitrogen and oxygen atoms in total. The van der Waals surface area contributed by atoms with Gasteiger partial charge in [-0.25, -0.2) is 9.97 Å². The van der Waals surface area contributed by atoms with Gasteiger partial charge in [-0.2, -0.15) is 0 Å². The van der Waals surface area contributed by atoms with Crippen LogP contribution in [-0.2, 0) is 11.3 Å². The second kappa shape index (κ2) is 9.62. The van der Waals surface area contributed by atoms with Crippen molar-refractivity contribution in [1.29, 1.82) is 0 Å². The molecule has 1 N–H and O–H groups in total. The number of anilines is 1. The summed E-state index contributed by atoms with van der Waals surface area (Å²) in [6.45, 7) is 4.12. The summed E-state index contributed by atoms with van der Waals surface area (Å²) in [4.78, 5) is 34.7. The molecule has 32 heavy (non-hydrogen) atoms. The van der Waals surface area contributed by atoms with Gasteiger partial charge < -0.3 is 5.32 Å². The quantitative estimate of drug-likeness (QED) is 0.258. The van der Waals surface area contributed by atoms with Crippen molar-refractivity contribution < 1.29 is 4.79 Å². The zero-order chi connectivity index (χ0) is 22.8. The van der Waals surface area contributed by atoms with Crippen LogP contribution in [0.5, 0.6) is 0 Å². The van der Waals surface area contributed by atoms with Crippen LogP contribution < -0.4 is 10.9 Å². The van der Waals surface area contributed by atoms with Crippen LogP contribution in [0, 0.1) is 0 Å². The third-order valence-corrected chi connectivity index (χ3v) is 7.33. The number of hydrogen-bond donors (Lipinski definition) is 1. The highest BCUT2D eigenvalue weighted by molar-refractivity contribution is 8.00. The lowest BCUT2D eigenvalue weighted by atomic mass is 10.2. The van der Waals surface area contributed by atoms with Crippen LogP contribution in [0.2, 0.25) is 10.0 Å². The van der Waals surface area contributed by atoms with Crippen molar-refractivity contribution in [3.05, 3.63) is 68.2 Å². The van der Waals surface area contributed by atoms with Crippen molar-refractivity contribution in [3.8, 4) is 11.3 Å². The number of benzene rings is 2. The van der Waals surface area contributed by atoms with E-state index in [1.54, 1.807) is 35.8 Å². The SMILES string of the molecule is CCn1c(SC(C)C(=O)Nc2nc(-c3ccc(Cl)c(Cl)c3)cs2)nc2ccccc2c1=O. The number of amides is 1. The van der Waals surface area contributed by atoms with Crippen molar-refractivity contribution in [3.63, 3.8) is 0 Å². The minimum absolute atomic E-state index is 0.112. The van der Waals surface area contributed by atoms with Crippen LogP contribution in [0.25, 0.3) is 22.2 Å². The van der Waals surface area contributed by atoms with Crippen LogP contribution in [-0.4, -0.2) is 25.7 Å². The molecule has 0 bridgehead atoms. The molecular weight excluding hydrogens is 487 g/mol. The fourth-order valence-corrected chi connectivity index (χ4v) is 5.05. The molecule has 1 atom stereocenters. The minimum Gasteiger partial charge on any atom is -0.301 e. The predicted octanol–water partition coefficient (Wildman–Crippen LogP) is 5.97. The molecule has 0 saturated heterocycles. The second-order valence-corrected chi connectivity index (χ2v) is 9.86. The number of nitrogens with one attached hydrogen (secondary N) is 1. The third-order valence-electron chi connectivity index (χ3n) is 4.74. The molecule has 2 aromatic heterocycles. The first-order chi connectivity index (χ1) is 15.4. The van der Waals surface area contributed by atoms with Gasteiger partial charge in [0, 0.05) is 17.5 Å². The summed E-state index contributed by atoms with van der Waals surface area (Å²) in [6.07, 6.45) is 0. The third kappa shape index (κ3) is 4.68. The van der Waals surface area contributed by atoms with Gasteiger partial charge in [-0.05, 0) is 38.1 Å². The van der Waals surface area contributed by atoms with Gasteiger partial charge >= 0.3 is 0 Å². The molecule has 0 spiro atoms. The summed E-state index contributed by atoms with van der Waals surface area (Å²) in [5.41, 5.74) is 2.01. The number of nitrogens with zero attached hydrogens (tertiary/aromatic N) is 3. The summed E-state index contributed by atoms with van der Waals surface area (Å²) in [6, 6.07) is 12.5. The van der Waals surface area contributed by atoms with E-state index in [1.807, 2.05) is 30.5 Å². The molecule has 1 unspecified atom stereocenters. The van der Waals surface area contributed by atoms with E-state index in [9.17, 15) is 9.59 Å². The first-order valence-electron chi connectivity index (χ1n) is 9.75. The van der Waals surface area contributed by atoms with Gasteiger partial charge in [-0.1, -0.05) is 53.2 Å². The van der Waals surface area contributed by atoms with E-state index in [1.165, 1.54) is 23.1 Å². The van der Waals surface area contributed by atoms with Crippen molar-refractivity contribution in [2.24, 2.45) is 0 Å². The smallest absolute Gasteiger partial charge is 0.262 e. The monoisotopic (exact) mass is 504 g/mol. The zero-order valence-electron chi connectivity index (χ0n) is 17.1. The molecule has 4 rings (SSSR count). The lowest BCUT2D eigenvalue weighted by Crippen LogP contribution is -2.26. The molecule has 0 aliphatic rings. The highest BCUT2D eigenvalue weighted by Crippen LogP contribution is 2.31. The van der Waals surface area contributed by atoms with E-state index < -0.39 is 5.25 Å². The molecule has 10 heteroatoms. The van der Waals surface area contributed by atoms with Gasteiger partial charge in [0.2, 0.25) is 5.91 Å². The summed E-state index contributed by atoms with van der Waals surface area (Å²) in [5, 5.41) is 6.65. The maximum absolute atomic E-state index is 12.8. The topological polar surface area (TPSA) is 76.9 Å². The molecule has 164 valence electrons. The van der Waals surface area contributed by atoms with Crippen LogP contribution in [0.4, 0.5) is 5.13 Å². The second-order valence-electron chi connectivity index (χ2n) is 6.88. The number of thiazole rings is 1. The van der Waals surface area contributed by atoms with E-state index in [0.717, 1.165) is 5.56 Å². The number of para-hydroxylation sites is 1. The van der Waals surface area contributed by atoms with Crippen LogP contribution >= 0.6 is 46.3 Å². The molecule has 2 heterocycles. The summed E-state index contributed by atoms with van der Waals surface area (Å²) in [5.74, 6) is -0.227. The van der Waals surface area contributed by atoms with E-state index >= 15 is 0 Å². The van der Waals surface area contributed by atoms with E-state index in [4.69, 9.17) is 23.2 Å². The van der Waals surface area contributed by atoms with Crippen molar-refractivity contribution in [1.82, 2.24) is 14.5 Å². The van der Waals surface area contributed by atoms with Gasteiger partial charge in [0.25, 0.3) is 5.56 Å². The first kappa shape index (κ1) is 22.8. The van der Waals surface area contributed by atoms with Crippen molar-refractivity contribution in [2.45, 2.75) is 30.8 Å². The Morgan fingerprint density at radius 3 is 2.72 bits per heavy atom. The Bertz CT molecular complexity index is 1370.